The molecule has 0 aromatic carbocycles. The number of ether oxygens (including phenoxy) is 1. The predicted molar refractivity (Wildman–Crippen MR) is 75.8 cm³/mol. The van der Waals surface area contributed by atoms with Crippen LogP contribution in [0.3, 0.4) is 0 Å². The first-order valence-corrected chi connectivity index (χ1v) is 7.28. The van der Waals surface area contributed by atoms with Crippen molar-refractivity contribution < 1.29 is 14.9 Å². The first kappa shape index (κ1) is 15.0. The van der Waals surface area contributed by atoms with Crippen molar-refractivity contribution in [1.82, 2.24) is 0 Å². The van der Waals surface area contributed by atoms with Gasteiger partial charge in [0.15, 0.2) is 0 Å². The Hall–Kier alpha value is -0.380. The molecule has 110 valence electrons. The zero-order valence-corrected chi connectivity index (χ0v) is 12.9. The van der Waals surface area contributed by atoms with Gasteiger partial charge < -0.3 is 14.9 Å². The molecule has 0 heterocycles. The monoisotopic (exact) mass is 268 g/mol. The highest BCUT2D eigenvalue weighted by Crippen LogP contribution is 2.61. The van der Waals surface area contributed by atoms with E-state index in [0.29, 0.717) is 0 Å². The van der Waals surface area contributed by atoms with E-state index in [4.69, 9.17) is 4.74 Å². The van der Waals surface area contributed by atoms with E-state index in [0.717, 1.165) is 24.8 Å². The van der Waals surface area contributed by atoms with Gasteiger partial charge in [-0.05, 0) is 30.8 Å². The highest BCUT2D eigenvalue weighted by molar-refractivity contribution is 5.30. The van der Waals surface area contributed by atoms with Crippen molar-refractivity contribution in [3.63, 3.8) is 0 Å². The van der Waals surface area contributed by atoms with Crippen LogP contribution in [0.15, 0.2) is 11.6 Å². The summed E-state index contributed by atoms with van der Waals surface area (Å²) in [6.07, 6.45) is 5.19. The Morgan fingerprint density at radius 3 is 2.47 bits per heavy atom. The van der Waals surface area contributed by atoms with Gasteiger partial charge >= 0.3 is 0 Å². The van der Waals surface area contributed by atoms with Gasteiger partial charge in [0.25, 0.3) is 0 Å². The third kappa shape index (κ3) is 1.90. The maximum Gasteiger partial charge on any atom is 0.114 e. The second kappa shape index (κ2) is 4.57. The van der Waals surface area contributed by atoms with Gasteiger partial charge in [-0.1, -0.05) is 33.3 Å². The second-order valence-corrected chi connectivity index (χ2v) is 7.31. The molecule has 0 amide bonds. The molecular formula is C16H28O3. The minimum Gasteiger partial charge on any atom is -0.393 e. The van der Waals surface area contributed by atoms with E-state index < -0.39 is 5.60 Å². The summed E-state index contributed by atoms with van der Waals surface area (Å²) in [4.78, 5) is 0. The van der Waals surface area contributed by atoms with Crippen molar-refractivity contribution in [2.75, 3.05) is 13.7 Å². The SMILES string of the molecule is CO[C@@H]1C=C(C)[C@](O)(CO)[C@@]2(C)CCCC(C)(C)[C@@H]12. The lowest BCUT2D eigenvalue weighted by Gasteiger charge is -2.61. The van der Waals surface area contributed by atoms with Crippen molar-refractivity contribution in [1.29, 1.82) is 0 Å². The van der Waals surface area contributed by atoms with Crippen LogP contribution in [0.1, 0.15) is 47.0 Å². The van der Waals surface area contributed by atoms with Gasteiger partial charge in [-0.2, -0.15) is 0 Å². The van der Waals surface area contributed by atoms with Crippen LogP contribution in [-0.4, -0.2) is 35.6 Å². The van der Waals surface area contributed by atoms with Crippen LogP contribution in [0.25, 0.3) is 0 Å². The third-order valence-electron chi connectivity index (χ3n) is 5.89. The summed E-state index contributed by atoms with van der Waals surface area (Å²) in [6, 6.07) is 0. The minimum atomic E-state index is -1.12. The van der Waals surface area contributed by atoms with Crippen LogP contribution in [0.5, 0.6) is 0 Å². The molecule has 3 nitrogen and oxygen atoms in total. The maximum atomic E-state index is 11.1. The average molecular weight is 268 g/mol. The van der Waals surface area contributed by atoms with E-state index in [1.807, 2.05) is 13.0 Å². The molecule has 0 radical (unpaired) electrons. The number of fused-ring (bicyclic) bond motifs is 1. The van der Waals surface area contributed by atoms with Crippen LogP contribution >= 0.6 is 0 Å². The maximum absolute atomic E-state index is 11.1. The van der Waals surface area contributed by atoms with Crippen molar-refractivity contribution in [3.8, 4) is 0 Å². The lowest BCUT2D eigenvalue weighted by molar-refractivity contribution is -0.190. The number of methoxy groups -OCH3 is 1. The Labute approximate surface area is 116 Å². The molecule has 0 aromatic rings. The van der Waals surface area contributed by atoms with Gasteiger partial charge in [-0.3, -0.25) is 0 Å². The van der Waals surface area contributed by atoms with Gasteiger partial charge in [-0.15, -0.1) is 0 Å². The Balaban J connectivity index is 2.60. The Morgan fingerprint density at radius 2 is 1.95 bits per heavy atom. The molecule has 1 fully saturated rings. The van der Waals surface area contributed by atoms with Crippen molar-refractivity contribution in [2.24, 2.45) is 16.7 Å². The fourth-order valence-corrected chi connectivity index (χ4v) is 4.80. The van der Waals surface area contributed by atoms with Crippen molar-refractivity contribution in [2.45, 2.75) is 58.7 Å². The molecule has 0 unspecified atom stereocenters. The summed E-state index contributed by atoms with van der Waals surface area (Å²) in [5, 5.41) is 20.9. The Morgan fingerprint density at radius 1 is 1.32 bits per heavy atom. The van der Waals surface area contributed by atoms with E-state index >= 15 is 0 Å². The molecule has 0 saturated heterocycles. The van der Waals surface area contributed by atoms with Crippen molar-refractivity contribution >= 4 is 0 Å². The summed E-state index contributed by atoms with van der Waals surface area (Å²) < 4.78 is 5.70. The zero-order chi connectivity index (χ0) is 14.5. The van der Waals surface area contributed by atoms with Crippen LogP contribution in [0.2, 0.25) is 0 Å². The molecule has 19 heavy (non-hydrogen) atoms. The summed E-state index contributed by atoms with van der Waals surface area (Å²) in [5.41, 5.74) is -0.500. The quantitative estimate of drug-likeness (QED) is 0.757. The molecule has 0 bridgehead atoms. The summed E-state index contributed by atoms with van der Waals surface area (Å²) in [6.45, 7) is 8.33. The van der Waals surface area contributed by atoms with Crippen LogP contribution in [0, 0.1) is 16.7 Å². The highest BCUT2D eigenvalue weighted by atomic mass is 16.5. The Bertz CT molecular complexity index is 387. The molecule has 0 aromatic heterocycles. The molecule has 2 rings (SSSR count). The summed E-state index contributed by atoms with van der Waals surface area (Å²) in [5.74, 6) is 0.222. The summed E-state index contributed by atoms with van der Waals surface area (Å²) >= 11 is 0. The van der Waals surface area contributed by atoms with Gasteiger partial charge in [0.1, 0.15) is 5.60 Å². The number of aliphatic hydroxyl groups excluding tert-OH is 1. The third-order valence-corrected chi connectivity index (χ3v) is 5.89. The van der Waals surface area contributed by atoms with E-state index in [2.05, 4.69) is 20.8 Å². The molecule has 2 aliphatic carbocycles. The molecule has 4 atom stereocenters. The second-order valence-electron chi connectivity index (χ2n) is 7.31. The van der Waals surface area contributed by atoms with E-state index in [9.17, 15) is 10.2 Å². The predicted octanol–water partition coefficient (Wildman–Crippen LogP) is 2.52. The lowest BCUT2D eigenvalue weighted by atomic mass is 9.46. The standard InChI is InChI=1S/C16H28O3/c1-11-9-12(19-5)13-14(2,3)7-6-8-15(13,4)16(11,18)10-17/h9,12-13,17-18H,6-8,10H2,1-5H3/t12-,13-,15+,16-/m1/s1. The highest BCUT2D eigenvalue weighted by Gasteiger charge is 2.62. The first-order chi connectivity index (χ1) is 8.73. The smallest absolute Gasteiger partial charge is 0.114 e. The van der Waals surface area contributed by atoms with Gasteiger partial charge in [0, 0.05) is 18.4 Å². The molecule has 1 saturated carbocycles. The molecule has 2 N–H and O–H groups in total. The number of aliphatic hydroxyl groups is 2. The van der Waals surface area contributed by atoms with Crippen molar-refractivity contribution in [3.05, 3.63) is 11.6 Å². The Kier molecular flexibility index (Phi) is 3.62. The van der Waals surface area contributed by atoms with Crippen LogP contribution in [0.4, 0.5) is 0 Å². The number of hydrogen-bond donors (Lipinski definition) is 2. The fourth-order valence-electron chi connectivity index (χ4n) is 4.80. The van der Waals surface area contributed by atoms with E-state index in [-0.39, 0.29) is 29.5 Å². The molecular weight excluding hydrogens is 240 g/mol. The van der Waals surface area contributed by atoms with Gasteiger partial charge in [-0.25, -0.2) is 0 Å². The molecule has 3 heteroatoms. The normalized spacial score (nSPS) is 45.5. The molecule has 2 aliphatic rings. The van der Waals surface area contributed by atoms with E-state index in [1.165, 1.54) is 0 Å². The van der Waals surface area contributed by atoms with Gasteiger partial charge in [0.2, 0.25) is 0 Å². The van der Waals surface area contributed by atoms with Gasteiger partial charge in [0.05, 0.1) is 12.7 Å². The number of hydrogen-bond acceptors (Lipinski definition) is 3. The minimum absolute atomic E-state index is 0.0205. The summed E-state index contributed by atoms with van der Waals surface area (Å²) in [7, 11) is 1.74. The lowest BCUT2D eigenvalue weighted by Crippen LogP contribution is -2.64. The molecule has 0 spiro atoms. The topological polar surface area (TPSA) is 49.7 Å². The first-order valence-electron chi connectivity index (χ1n) is 7.28. The largest absolute Gasteiger partial charge is 0.393 e. The van der Waals surface area contributed by atoms with Crippen LogP contribution in [-0.2, 0) is 4.74 Å². The molecule has 0 aliphatic heterocycles. The zero-order valence-electron chi connectivity index (χ0n) is 12.9. The number of rotatable bonds is 2. The van der Waals surface area contributed by atoms with Crippen LogP contribution < -0.4 is 0 Å². The fraction of sp³-hybridized carbons (Fsp3) is 0.875. The average Bonchev–Trinajstić information content (AvgIpc) is 2.33. The van der Waals surface area contributed by atoms with E-state index in [1.54, 1.807) is 7.11 Å².